The largest absolute Gasteiger partial charge is 0.373 e. The Kier molecular flexibility index (Phi) is 3.83. The first-order valence-electron chi connectivity index (χ1n) is 6.47. The van der Waals surface area contributed by atoms with Crippen LogP contribution in [0, 0.1) is 0 Å². The maximum atomic E-state index is 12.4. The average Bonchev–Trinajstić information content (AvgIpc) is 2.37. The molecule has 0 bridgehead atoms. The van der Waals surface area contributed by atoms with Crippen LogP contribution in [0.2, 0.25) is 0 Å². The molecule has 1 atom stereocenters. The Balaban J connectivity index is 2.07. The van der Waals surface area contributed by atoms with Crippen molar-refractivity contribution in [2.75, 3.05) is 19.7 Å². The number of carbonyl (C=O) groups excluding carboxylic acids is 1. The zero-order chi connectivity index (χ0) is 13.2. The number of nitrogens with zero attached hydrogens (tertiary/aromatic N) is 1. The summed E-state index contributed by atoms with van der Waals surface area (Å²) in [6, 6.07) is 9.41. The average molecular weight is 247 g/mol. The summed E-state index contributed by atoms with van der Waals surface area (Å²) < 4.78 is 5.68. The lowest BCUT2D eigenvalue weighted by Gasteiger charge is -2.40. The molecule has 18 heavy (non-hydrogen) atoms. The third-order valence-electron chi connectivity index (χ3n) is 3.44. The molecule has 1 aromatic rings. The molecule has 0 aromatic heterocycles. The van der Waals surface area contributed by atoms with Gasteiger partial charge in [-0.05, 0) is 20.8 Å². The van der Waals surface area contributed by atoms with Gasteiger partial charge in [0, 0.05) is 18.7 Å². The van der Waals surface area contributed by atoms with E-state index in [9.17, 15) is 4.79 Å². The summed E-state index contributed by atoms with van der Waals surface area (Å²) in [6.45, 7) is 8.43. The molecule has 1 saturated heterocycles. The molecule has 0 N–H and O–H groups in total. The summed E-state index contributed by atoms with van der Waals surface area (Å²) in [5, 5.41) is 0. The van der Waals surface area contributed by atoms with E-state index in [2.05, 4.69) is 18.7 Å². The maximum absolute atomic E-state index is 12.4. The van der Waals surface area contributed by atoms with Gasteiger partial charge < -0.3 is 4.74 Å². The molecule has 1 fully saturated rings. The molecular weight excluding hydrogens is 226 g/mol. The molecule has 0 saturated carbocycles. The van der Waals surface area contributed by atoms with Crippen molar-refractivity contribution < 1.29 is 9.53 Å². The van der Waals surface area contributed by atoms with Crippen molar-refractivity contribution >= 4 is 5.78 Å². The predicted octanol–water partition coefficient (Wildman–Crippen LogP) is 2.37. The lowest BCUT2D eigenvalue weighted by molar-refractivity contribution is -0.0915. The van der Waals surface area contributed by atoms with Crippen LogP contribution in [0.4, 0.5) is 0 Å². The third kappa shape index (κ3) is 2.98. The van der Waals surface area contributed by atoms with Crippen LogP contribution in [0.15, 0.2) is 30.3 Å². The van der Waals surface area contributed by atoms with Crippen LogP contribution in [-0.4, -0.2) is 42.0 Å². The van der Waals surface area contributed by atoms with Gasteiger partial charge in [0.2, 0.25) is 0 Å². The second kappa shape index (κ2) is 5.21. The fourth-order valence-corrected chi connectivity index (χ4v) is 2.39. The molecule has 98 valence electrons. The number of hydrogen-bond donors (Lipinski definition) is 0. The van der Waals surface area contributed by atoms with Crippen molar-refractivity contribution in [2.24, 2.45) is 0 Å². The summed E-state index contributed by atoms with van der Waals surface area (Å²) in [7, 11) is 0. The minimum Gasteiger partial charge on any atom is -0.373 e. The molecule has 0 amide bonds. The van der Waals surface area contributed by atoms with E-state index in [1.54, 1.807) is 0 Å². The molecule has 3 heteroatoms. The summed E-state index contributed by atoms with van der Waals surface area (Å²) in [5.74, 6) is 0.188. The van der Waals surface area contributed by atoms with E-state index in [0.717, 1.165) is 18.7 Å². The molecular formula is C15H21NO2. The molecule has 1 aromatic carbocycles. The molecule has 1 unspecified atom stereocenters. The second-order valence-corrected chi connectivity index (χ2v) is 5.48. The summed E-state index contributed by atoms with van der Waals surface area (Å²) in [4.78, 5) is 14.6. The zero-order valence-corrected chi connectivity index (χ0v) is 11.3. The number of morpholine rings is 1. The standard InChI is InChI=1S/C15H21NO2/c1-12(14(17)13-7-5-4-6-8-13)16-9-10-18-15(2,3)11-16/h4-8,12H,9-11H2,1-3H3. The Morgan fingerprint density at radius 2 is 2.00 bits per heavy atom. The van der Waals surface area contributed by atoms with E-state index in [4.69, 9.17) is 4.74 Å². The summed E-state index contributed by atoms with van der Waals surface area (Å²) in [5.41, 5.74) is 0.623. The Hall–Kier alpha value is -1.19. The van der Waals surface area contributed by atoms with Gasteiger partial charge in [-0.1, -0.05) is 30.3 Å². The third-order valence-corrected chi connectivity index (χ3v) is 3.44. The highest BCUT2D eigenvalue weighted by Crippen LogP contribution is 2.20. The SMILES string of the molecule is CC(C(=O)c1ccccc1)N1CCOC(C)(C)C1. The Morgan fingerprint density at radius 1 is 1.33 bits per heavy atom. The van der Waals surface area contributed by atoms with Crippen LogP contribution in [0.5, 0.6) is 0 Å². The molecule has 0 radical (unpaired) electrons. The molecule has 1 heterocycles. The van der Waals surface area contributed by atoms with Crippen molar-refractivity contribution in [1.29, 1.82) is 0 Å². The number of ether oxygens (including phenoxy) is 1. The van der Waals surface area contributed by atoms with Crippen LogP contribution in [-0.2, 0) is 4.74 Å². The minimum atomic E-state index is -0.163. The Bertz CT molecular complexity index is 414. The maximum Gasteiger partial charge on any atom is 0.179 e. The fraction of sp³-hybridized carbons (Fsp3) is 0.533. The van der Waals surface area contributed by atoms with Gasteiger partial charge in [0.15, 0.2) is 5.78 Å². The van der Waals surface area contributed by atoms with Crippen molar-refractivity contribution in [3.05, 3.63) is 35.9 Å². The number of rotatable bonds is 3. The highest BCUT2D eigenvalue weighted by atomic mass is 16.5. The van der Waals surface area contributed by atoms with E-state index >= 15 is 0 Å². The Morgan fingerprint density at radius 3 is 2.61 bits per heavy atom. The quantitative estimate of drug-likeness (QED) is 0.768. The Labute approximate surface area is 109 Å². The first-order chi connectivity index (χ1) is 8.49. The smallest absolute Gasteiger partial charge is 0.179 e. The van der Waals surface area contributed by atoms with Gasteiger partial charge in [-0.25, -0.2) is 0 Å². The van der Waals surface area contributed by atoms with Gasteiger partial charge in [0.05, 0.1) is 18.2 Å². The highest BCUT2D eigenvalue weighted by molar-refractivity contribution is 5.99. The molecule has 1 aliphatic rings. The van der Waals surface area contributed by atoms with E-state index in [-0.39, 0.29) is 17.4 Å². The van der Waals surface area contributed by atoms with Gasteiger partial charge in [-0.2, -0.15) is 0 Å². The lowest BCUT2D eigenvalue weighted by atomic mass is 10.0. The number of ketones is 1. The number of carbonyl (C=O) groups is 1. The zero-order valence-electron chi connectivity index (χ0n) is 11.3. The lowest BCUT2D eigenvalue weighted by Crippen LogP contribution is -2.53. The van der Waals surface area contributed by atoms with Gasteiger partial charge in [-0.3, -0.25) is 9.69 Å². The molecule has 3 nitrogen and oxygen atoms in total. The first kappa shape index (κ1) is 13.2. The van der Waals surface area contributed by atoms with Crippen LogP contribution in [0.25, 0.3) is 0 Å². The second-order valence-electron chi connectivity index (χ2n) is 5.48. The van der Waals surface area contributed by atoms with Crippen molar-refractivity contribution in [1.82, 2.24) is 4.90 Å². The van der Waals surface area contributed by atoms with Gasteiger partial charge >= 0.3 is 0 Å². The minimum absolute atomic E-state index is 0.0874. The number of benzene rings is 1. The van der Waals surface area contributed by atoms with E-state index in [1.807, 2.05) is 37.3 Å². The van der Waals surface area contributed by atoms with Crippen LogP contribution in [0.1, 0.15) is 31.1 Å². The van der Waals surface area contributed by atoms with Crippen molar-refractivity contribution in [3.63, 3.8) is 0 Å². The van der Waals surface area contributed by atoms with Gasteiger partial charge in [-0.15, -0.1) is 0 Å². The molecule has 1 aliphatic heterocycles. The van der Waals surface area contributed by atoms with E-state index in [0.29, 0.717) is 6.61 Å². The van der Waals surface area contributed by atoms with Crippen molar-refractivity contribution in [3.8, 4) is 0 Å². The van der Waals surface area contributed by atoms with Crippen LogP contribution in [0.3, 0.4) is 0 Å². The molecule has 0 aliphatic carbocycles. The van der Waals surface area contributed by atoms with Gasteiger partial charge in [0.1, 0.15) is 0 Å². The van der Waals surface area contributed by atoms with Crippen LogP contribution >= 0.6 is 0 Å². The van der Waals surface area contributed by atoms with Crippen molar-refractivity contribution in [2.45, 2.75) is 32.4 Å². The summed E-state index contributed by atoms with van der Waals surface area (Å²) in [6.07, 6.45) is 0. The first-order valence-corrected chi connectivity index (χ1v) is 6.47. The predicted molar refractivity (Wildman–Crippen MR) is 71.8 cm³/mol. The highest BCUT2D eigenvalue weighted by Gasteiger charge is 2.32. The summed E-state index contributed by atoms with van der Waals surface area (Å²) >= 11 is 0. The molecule has 0 spiro atoms. The topological polar surface area (TPSA) is 29.5 Å². The van der Waals surface area contributed by atoms with E-state index in [1.165, 1.54) is 0 Å². The normalized spacial score (nSPS) is 21.5. The molecule has 2 rings (SSSR count). The number of hydrogen-bond acceptors (Lipinski definition) is 3. The monoisotopic (exact) mass is 247 g/mol. The fourth-order valence-electron chi connectivity index (χ4n) is 2.39. The van der Waals surface area contributed by atoms with Gasteiger partial charge in [0.25, 0.3) is 0 Å². The number of Topliss-reactive ketones (excluding diaryl/α,β-unsaturated/α-hetero) is 1. The van der Waals surface area contributed by atoms with Crippen LogP contribution < -0.4 is 0 Å². The van der Waals surface area contributed by atoms with E-state index < -0.39 is 0 Å².